The molecule has 0 fully saturated rings. The second-order valence-electron chi connectivity index (χ2n) is 1.52. The van der Waals surface area contributed by atoms with Crippen LogP contribution in [0.5, 0.6) is 0 Å². The number of anilines is 1. The molecule has 0 spiro atoms. The van der Waals surface area contributed by atoms with Crippen LogP contribution in [0.15, 0.2) is 10.7 Å². The lowest BCUT2D eigenvalue weighted by Crippen LogP contribution is -1.84. The van der Waals surface area contributed by atoms with Crippen LogP contribution >= 0.6 is 0 Å². The molecule has 0 atom stereocenters. The summed E-state index contributed by atoms with van der Waals surface area (Å²) < 4.78 is 4.88. The van der Waals surface area contributed by atoms with Crippen molar-refractivity contribution in [2.24, 2.45) is 0 Å². The SMILES string of the molecule is CCc1nc(N)co1. The number of hydrogen-bond acceptors (Lipinski definition) is 3. The van der Waals surface area contributed by atoms with Crippen molar-refractivity contribution in [2.75, 3.05) is 5.73 Å². The molecule has 3 heteroatoms. The van der Waals surface area contributed by atoms with Crippen LogP contribution in [0.2, 0.25) is 0 Å². The van der Waals surface area contributed by atoms with Gasteiger partial charge in [-0.2, -0.15) is 4.98 Å². The predicted octanol–water partition coefficient (Wildman–Crippen LogP) is 0.819. The Labute approximate surface area is 47.5 Å². The zero-order chi connectivity index (χ0) is 5.98. The van der Waals surface area contributed by atoms with E-state index >= 15 is 0 Å². The number of nitrogen functional groups attached to an aromatic ring is 1. The molecule has 0 saturated heterocycles. The van der Waals surface area contributed by atoms with E-state index in [0.717, 1.165) is 6.42 Å². The standard InChI is InChI=1S/C5H8N2O/c1-2-5-7-4(6)3-8-5/h3H,2,6H2,1H3. The summed E-state index contributed by atoms with van der Waals surface area (Å²) in [5.41, 5.74) is 5.25. The first-order valence-electron chi connectivity index (χ1n) is 2.53. The van der Waals surface area contributed by atoms with Gasteiger partial charge in [-0.05, 0) is 0 Å². The summed E-state index contributed by atoms with van der Waals surface area (Å²) in [4.78, 5) is 3.84. The van der Waals surface area contributed by atoms with Crippen LogP contribution < -0.4 is 5.73 Å². The second kappa shape index (κ2) is 1.86. The first-order chi connectivity index (χ1) is 3.83. The molecule has 2 N–H and O–H groups in total. The minimum absolute atomic E-state index is 0.460. The van der Waals surface area contributed by atoms with Crippen LogP contribution in [0.4, 0.5) is 5.82 Å². The van der Waals surface area contributed by atoms with Crippen molar-refractivity contribution in [3.8, 4) is 0 Å². The summed E-state index contributed by atoms with van der Waals surface area (Å²) in [6.45, 7) is 1.96. The summed E-state index contributed by atoms with van der Waals surface area (Å²) in [6, 6.07) is 0. The van der Waals surface area contributed by atoms with Crippen LogP contribution in [0.1, 0.15) is 12.8 Å². The van der Waals surface area contributed by atoms with Gasteiger partial charge >= 0.3 is 0 Å². The van der Waals surface area contributed by atoms with E-state index in [4.69, 9.17) is 10.2 Å². The summed E-state index contributed by atoms with van der Waals surface area (Å²) in [5.74, 6) is 1.16. The molecule has 44 valence electrons. The molecule has 1 heterocycles. The van der Waals surface area contributed by atoms with Gasteiger partial charge in [0.25, 0.3) is 0 Å². The molecule has 8 heavy (non-hydrogen) atoms. The minimum atomic E-state index is 0.460. The Balaban J connectivity index is 2.84. The highest BCUT2D eigenvalue weighted by atomic mass is 16.3. The van der Waals surface area contributed by atoms with Crippen LogP contribution in [0.3, 0.4) is 0 Å². The highest BCUT2D eigenvalue weighted by molar-refractivity contribution is 5.21. The zero-order valence-electron chi connectivity index (χ0n) is 4.72. The lowest BCUT2D eigenvalue weighted by Gasteiger charge is -1.78. The van der Waals surface area contributed by atoms with Gasteiger partial charge < -0.3 is 10.2 Å². The van der Waals surface area contributed by atoms with Gasteiger partial charge in [-0.15, -0.1) is 0 Å². The van der Waals surface area contributed by atoms with Crippen molar-refractivity contribution in [1.29, 1.82) is 0 Å². The van der Waals surface area contributed by atoms with Crippen LogP contribution in [-0.2, 0) is 6.42 Å². The highest BCUT2D eigenvalue weighted by Gasteiger charge is 1.93. The third-order valence-corrected chi connectivity index (χ3v) is 0.872. The molecule has 0 bridgehead atoms. The Kier molecular flexibility index (Phi) is 1.20. The molecule has 0 aliphatic carbocycles. The van der Waals surface area contributed by atoms with Crippen molar-refractivity contribution in [2.45, 2.75) is 13.3 Å². The van der Waals surface area contributed by atoms with E-state index in [-0.39, 0.29) is 0 Å². The molecule has 1 rings (SSSR count). The van der Waals surface area contributed by atoms with Crippen molar-refractivity contribution in [3.05, 3.63) is 12.2 Å². The molecular weight excluding hydrogens is 104 g/mol. The molecule has 0 aromatic carbocycles. The van der Waals surface area contributed by atoms with E-state index in [1.165, 1.54) is 6.26 Å². The van der Waals surface area contributed by atoms with Gasteiger partial charge in [-0.25, -0.2) is 0 Å². The summed E-state index contributed by atoms with van der Waals surface area (Å²) >= 11 is 0. The third kappa shape index (κ3) is 0.804. The minimum Gasteiger partial charge on any atom is -0.447 e. The number of nitrogens with two attached hydrogens (primary N) is 1. The molecule has 1 aromatic heterocycles. The Bertz CT molecular complexity index is 171. The fourth-order valence-corrected chi connectivity index (χ4v) is 0.487. The molecular formula is C5H8N2O. The maximum atomic E-state index is 5.25. The number of aromatic nitrogens is 1. The van der Waals surface area contributed by atoms with Crippen molar-refractivity contribution in [3.63, 3.8) is 0 Å². The quantitative estimate of drug-likeness (QED) is 0.585. The van der Waals surface area contributed by atoms with Crippen LogP contribution in [-0.4, -0.2) is 4.98 Å². The maximum Gasteiger partial charge on any atom is 0.195 e. The van der Waals surface area contributed by atoms with E-state index in [1.54, 1.807) is 0 Å². The lowest BCUT2D eigenvalue weighted by molar-refractivity contribution is 0.502. The number of hydrogen-bond donors (Lipinski definition) is 1. The molecule has 0 aliphatic heterocycles. The Morgan fingerprint density at radius 2 is 2.62 bits per heavy atom. The molecule has 0 aliphatic rings. The van der Waals surface area contributed by atoms with Gasteiger partial charge in [0.15, 0.2) is 11.7 Å². The topological polar surface area (TPSA) is 52.0 Å². The first kappa shape index (κ1) is 5.15. The van der Waals surface area contributed by atoms with E-state index in [1.807, 2.05) is 6.92 Å². The fraction of sp³-hybridized carbons (Fsp3) is 0.400. The smallest absolute Gasteiger partial charge is 0.195 e. The van der Waals surface area contributed by atoms with Crippen LogP contribution in [0.25, 0.3) is 0 Å². The summed E-state index contributed by atoms with van der Waals surface area (Å²) in [5, 5.41) is 0. The van der Waals surface area contributed by atoms with Gasteiger partial charge in [0, 0.05) is 6.42 Å². The first-order valence-corrected chi connectivity index (χ1v) is 2.53. The third-order valence-electron chi connectivity index (χ3n) is 0.872. The largest absolute Gasteiger partial charge is 0.447 e. The van der Waals surface area contributed by atoms with Gasteiger partial charge in [0.2, 0.25) is 0 Å². The number of rotatable bonds is 1. The molecule has 3 nitrogen and oxygen atoms in total. The Hall–Kier alpha value is -0.990. The van der Waals surface area contributed by atoms with Crippen molar-refractivity contribution < 1.29 is 4.42 Å². The Morgan fingerprint density at radius 1 is 1.88 bits per heavy atom. The summed E-state index contributed by atoms with van der Waals surface area (Å²) in [6.07, 6.45) is 2.25. The van der Waals surface area contributed by atoms with E-state index < -0.39 is 0 Å². The zero-order valence-corrected chi connectivity index (χ0v) is 4.72. The molecule has 0 radical (unpaired) electrons. The van der Waals surface area contributed by atoms with Gasteiger partial charge in [0.1, 0.15) is 6.26 Å². The molecule has 0 saturated carbocycles. The number of oxazole rings is 1. The Morgan fingerprint density at radius 3 is 2.88 bits per heavy atom. The monoisotopic (exact) mass is 112 g/mol. The molecule has 0 unspecified atom stereocenters. The van der Waals surface area contributed by atoms with Crippen LogP contribution in [0, 0.1) is 0 Å². The summed E-state index contributed by atoms with van der Waals surface area (Å²) in [7, 11) is 0. The van der Waals surface area contributed by atoms with E-state index in [9.17, 15) is 0 Å². The number of nitrogens with zero attached hydrogens (tertiary/aromatic N) is 1. The van der Waals surface area contributed by atoms with Gasteiger partial charge in [-0.3, -0.25) is 0 Å². The molecule has 0 amide bonds. The molecule has 1 aromatic rings. The number of aryl methyl sites for hydroxylation is 1. The second-order valence-corrected chi connectivity index (χ2v) is 1.52. The average Bonchev–Trinajstić information content (AvgIpc) is 2.14. The van der Waals surface area contributed by atoms with Crippen molar-refractivity contribution >= 4 is 5.82 Å². The highest BCUT2D eigenvalue weighted by Crippen LogP contribution is 2.01. The van der Waals surface area contributed by atoms with E-state index in [2.05, 4.69) is 4.98 Å². The normalized spacial score (nSPS) is 9.62. The van der Waals surface area contributed by atoms with Gasteiger partial charge in [-0.1, -0.05) is 6.92 Å². The van der Waals surface area contributed by atoms with E-state index in [0.29, 0.717) is 11.7 Å². The predicted molar refractivity (Wildman–Crippen MR) is 30.3 cm³/mol. The van der Waals surface area contributed by atoms with Crippen molar-refractivity contribution in [1.82, 2.24) is 4.98 Å². The fourth-order valence-electron chi connectivity index (χ4n) is 0.487. The van der Waals surface area contributed by atoms with Gasteiger partial charge in [0.05, 0.1) is 0 Å². The maximum absolute atomic E-state index is 5.25. The average molecular weight is 112 g/mol. The lowest BCUT2D eigenvalue weighted by atomic mass is 10.5.